The van der Waals surface area contributed by atoms with Crippen LogP contribution in [0.2, 0.25) is 5.02 Å². The lowest BCUT2D eigenvalue weighted by Gasteiger charge is -2.35. The molecule has 2 heterocycles. The Balaban J connectivity index is 1.60. The number of amides is 1. The molecule has 1 unspecified atom stereocenters. The monoisotopic (exact) mass is 644 g/mol. The first-order valence-electron chi connectivity index (χ1n) is 16.5. The second-order valence-electron chi connectivity index (χ2n) is 14.6. The van der Waals surface area contributed by atoms with Gasteiger partial charge in [0.2, 0.25) is 5.91 Å². The minimum Gasteiger partial charge on any atom is -0.479 e. The van der Waals surface area contributed by atoms with E-state index in [1.54, 1.807) is 17.0 Å². The van der Waals surface area contributed by atoms with Crippen molar-refractivity contribution in [2.45, 2.75) is 122 Å². The molecule has 5 atom stereocenters. The lowest BCUT2D eigenvalue weighted by molar-refractivity contribution is -0.151. The zero-order chi connectivity index (χ0) is 32.9. The Morgan fingerprint density at radius 2 is 1.84 bits per heavy atom. The molecule has 0 aromatic heterocycles. The molecular formula is C35H49ClN2O7. The Morgan fingerprint density at radius 3 is 2.47 bits per heavy atom. The average molecular weight is 645 g/mol. The summed E-state index contributed by atoms with van der Waals surface area (Å²) >= 11 is 6.22. The van der Waals surface area contributed by atoms with E-state index < -0.39 is 41.0 Å². The molecule has 1 aromatic carbocycles. The third-order valence-corrected chi connectivity index (χ3v) is 10.1. The number of aliphatic hydroxyl groups is 1. The van der Waals surface area contributed by atoms with Crippen LogP contribution in [0.5, 0.6) is 0 Å². The Labute approximate surface area is 271 Å². The van der Waals surface area contributed by atoms with Crippen LogP contribution in [0.1, 0.15) is 110 Å². The number of hydrogen-bond donors (Lipinski definition) is 2. The summed E-state index contributed by atoms with van der Waals surface area (Å²) in [4.78, 5) is 61.1. The molecule has 1 aromatic rings. The van der Waals surface area contributed by atoms with Crippen LogP contribution < -0.4 is 0 Å². The summed E-state index contributed by atoms with van der Waals surface area (Å²) in [5.41, 5.74) is -0.0432. The predicted molar refractivity (Wildman–Crippen MR) is 172 cm³/mol. The van der Waals surface area contributed by atoms with Crippen LogP contribution >= 0.6 is 11.6 Å². The number of likely N-dealkylation sites (tertiary alicyclic amines) is 1. The van der Waals surface area contributed by atoms with Gasteiger partial charge in [-0.3, -0.25) is 14.4 Å². The number of hydrogen-bond acceptors (Lipinski definition) is 7. The molecule has 2 aliphatic heterocycles. The number of Topliss-reactive ketones (excluding diaryl/α,β-unsaturated/α-hetero) is 2. The molecule has 3 aliphatic rings. The van der Waals surface area contributed by atoms with E-state index >= 15 is 0 Å². The standard InChI is InChI=1S/C35H49ClN2O7/c1-5-10-24(31(41)33(43)44)17-30(40)29-20-35(19-28(37-45-35)23-13-9-14-25(36)16-23)21-38(29)32(42)27(34(2,3)4)18-26(39)15-22-11-7-6-8-12-22/h9,13-14,16,22,24,27,29,31,41H,5-8,10-12,15,17-21H2,1-4H3,(H,43,44)/t24-,27-,29+,31?,35-/m1/s1. The van der Waals surface area contributed by atoms with Gasteiger partial charge in [-0.25, -0.2) is 4.79 Å². The van der Waals surface area contributed by atoms with Gasteiger partial charge in [-0.2, -0.15) is 0 Å². The fourth-order valence-electron chi connectivity index (χ4n) is 7.33. The maximum atomic E-state index is 14.5. The Morgan fingerprint density at radius 1 is 1.13 bits per heavy atom. The van der Waals surface area contributed by atoms with Gasteiger partial charge in [-0.05, 0) is 29.9 Å². The summed E-state index contributed by atoms with van der Waals surface area (Å²) in [5.74, 6) is -2.98. The number of ketones is 2. The molecule has 1 amide bonds. The lowest BCUT2D eigenvalue weighted by atomic mass is 9.75. The minimum atomic E-state index is -1.69. The van der Waals surface area contributed by atoms with Gasteiger partial charge in [0.1, 0.15) is 5.78 Å². The smallest absolute Gasteiger partial charge is 0.332 e. The molecule has 248 valence electrons. The second-order valence-corrected chi connectivity index (χ2v) is 15.0. The summed E-state index contributed by atoms with van der Waals surface area (Å²) in [6, 6.07) is 6.36. The van der Waals surface area contributed by atoms with Gasteiger partial charge in [0.25, 0.3) is 0 Å². The number of benzene rings is 1. The van der Waals surface area contributed by atoms with Crippen molar-refractivity contribution >= 4 is 40.8 Å². The topological polar surface area (TPSA) is 134 Å². The molecular weight excluding hydrogens is 596 g/mol. The SMILES string of the molecule is CCC[C@H](CC(=O)[C@@H]1C[C@]2(CC(c3cccc(Cl)c3)=NO2)CN1C(=O)[C@@H](CC(=O)CC1CCCCC1)C(C)(C)C)C(O)C(=O)O. The Bertz CT molecular complexity index is 1280. The van der Waals surface area contributed by atoms with E-state index in [9.17, 15) is 29.4 Å². The Hall–Kier alpha value is -2.78. The number of carbonyl (C=O) groups is 4. The van der Waals surface area contributed by atoms with E-state index in [-0.39, 0.29) is 43.3 Å². The van der Waals surface area contributed by atoms with Gasteiger partial charge < -0.3 is 20.0 Å². The number of oxime groups is 1. The Kier molecular flexibility index (Phi) is 11.5. The summed E-state index contributed by atoms with van der Waals surface area (Å²) in [5, 5.41) is 24.8. The number of carboxylic acid groups (broad SMARTS) is 1. The molecule has 4 rings (SSSR count). The fourth-order valence-corrected chi connectivity index (χ4v) is 7.52. The number of carbonyl (C=O) groups excluding carboxylic acids is 3. The van der Waals surface area contributed by atoms with Crippen molar-refractivity contribution in [2.24, 2.45) is 28.3 Å². The van der Waals surface area contributed by atoms with Gasteiger partial charge >= 0.3 is 5.97 Å². The van der Waals surface area contributed by atoms with Crippen LogP contribution in [-0.4, -0.2) is 68.6 Å². The quantitative estimate of drug-likeness (QED) is 0.260. The van der Waals surface area contributed by atoms with E-state index in [0.717, 1.165) is 31.2 Å². The maximum Gasteiger partial charge on any atom is 0.332 e. The maximum absolute atomic E-state index is 14.5. The number of nitrogens with zero attached hydrogens (tertiary/aromatic N) is 2. The summed E-state index contributed by atoms with van der Waals surface area (Å²) < 4.78 is 0. The van der Waals surface area contributed by atoms with Gasteiger partial charge in [-0.15, -0.1) is 0 Å². The highest BCUT2D eigenvalue weighted by Crippen LogP contribution is 2.43. The molecule has 0 radical (unpaired) electrons. The molecule has 9 nitrogen and oxygen atoms in total. The average Bonchev–Trinajstić information content (AvgIpc) is 3.58. The summed E-state index contributed by atoms with van der Waals surface area (Å²) in [7, 11) is 0. The van der Waals surface area contributed by atoms with Crippen molar-refractivity contribution < 1.29 is 34.2 Å². The number of carboxylic acids is 1. The molecule has 45 heavy (non-hydrogen) atoms. The molecule has 0 bridgehead atoms. The molecule has 1 saturated heterocycles. The van der Waals surface area contributed by atoms with E-state index in [4.69, 9.17) is 16.4 Å². The van der Waals surface area contributed by atoms with Crippen LogP contribution in [0.25, 0.3) is 0 Å². The van der Waals surface area contributed by atoms with E-state index in [1.165, 1.54) is 6.42 Å². The number of rotatable bonds is 13. The highest BCUT2D eigenvalue weighted by molar-refractivity contribution is 6.31. The van der Waals surface area contributed by atoms with Crippen molar-refractivity contribution in [1.82, 2.24) is 4.90 Å². The van der Waals surface area contributed by atoms with Crippen LogP contribution in [0.15, 0.2) is 29.4 Å². The molecule has 2 N–H and O–H groups in total. The van der Waals surface area contributed by atoms with Crippen molar-refractivity contribution in [3.05, 3.63) is 34.9 Å². The van der Waals surface area contributed by atoms with Crippen LogP contribution in [0.3, 0.4) is 0 Å². The van der Waals surface area contributed by atoms with Crippen molar-refractivity contribution in [3.63, 3.8) is 0 Å². The highest BCUT2D eigenvalue weighted by Gasteiger charge is 2.55. The first-order chi connectivity index (χ1) is 21.2. The minimum absolute atomic E-state index is 0.0724. The molecule has 1 spiro atoms. The predicted octanol–water partition coefficient (Wildman–Crippen LogP) is 6.22. The summed E-state index contributed by atoms with van der Waals surface area (Å²) in [6.07, 6.45) is 5.73. The van der Waals surface area contributed by atoms with E-state index in [1.807, 2.05) is 39.8 Å². The zero-order valence-electron chi connectivity index (χ0n) is 27.1. The highest BCUT2D eigenvalue weighted by atomic mass is 35.5. The lowest BCUT2D eigenvalue weighted by Crippen LogP contribution is -2.48. The van der Waals surface area contributed by atoms with Crippen LogP contribution in [0, 0.1) is 23.2 Å². The third-order valence-electron chi connectivity index (χ3n) is 9.89. The first-order valence-corrected chi connectivity index (χ1v) is 16.9. The van der Waals surface area contributed by atoms with Crippen molar-refractivity contribution in [2.75, 3.05) is 6.54 Å². The molecule has 1 saturated carbocycles. The molecule has 10 heteroatoms. The third kappa shape index (κ3) is 8.73. The number of aliphatic carboxylic acids is 1. The molecule has 1 aliphatic carbocycles. The van der Waals surface area contributed by atoms with Crippen molar-refractivity contribution in [3.8, 4) is 0 Å². The largest absolute Gasteiger partial charge is 0.479 e. The van der Waals surface area contributed by atoms with Crippen LogP contribution in [-0.2, 0) is 24.0 Å². The second kappa shape index (κ2) is 14.8. The molecule has 2 fully saturated rings. The van der Waals surface area contributed by atoms with Gasteiger partial charge in [-0.1, -0.05) is 95.1 Å². The van der Waals surface area contributed by atoms with E-state index in [0.29, 0.717) is 42.3 Å². The van der Waals surface area contributed by atoms with Gasteiger partial charge in [0.15, 0.2) is 17.5 Å². The van der Waals surface area contributed by atoms with Crippen molar-refractivity contribution in [1.29, 1.82) is 0 Å². The number of aliphatic hydroxyl groups excluding tert-OH is 1. The normalized spacial score (nSPS) is 24.2. The van der Waals surface area contributed by atoms with E-state index in [2.05, 4.69) is 5.16 Å². The fraction of sp³-hybridized carbons (Fsp3) is 0.686. The first kappa shape index (κ1) is 35.1. The summed E-state index contributed by atoms with van der Waals surface area (Å²) in [6.45, 7) is 7.81. The number of halogens is 1. The van der Waals surface area contributed by atoms with Crippen LogP contribution in [0.4, 0.5) is 0 Å². The van der Waals surface area contributed by atoms with Gasteiger partial charge in [0, 0.05) is 54.5 Å². The zero-order valence-corrected chi connectivity index (χ0v) is 27.9. The van der Waals surface area contributed by atoms with Gasteiger partial charge in [0.05, 0.1) is 18.3 Å².